The minimum atomic E-state index is -0.261. The summed E-state index contributed by atoms with van der Waals surface area (Å²) in [5.41, 5.74) is 1.46. The van der Waals surface area contributed by atoms with Crippen molar-refractivity contribution >= 4 is 11.6 Å². The number of hydrogen-bond donors (Lipinski definition) is 3. The third kappa shape index (κ3) is 5.06. The smallest absolute Gasteiger partial charge is 0.251 e. The maximum absolute atomic E-state index is 12.0. The highest BCUT2D eigenvalue weighted by molar-refractivity contribution is 5.94. The van der Waals surface area contributed by atoms with Gasteiger partial charge in [-0.05, 0) is 37.1 Å². The van der Waals surface area contributed by atoms with Crippen molar-refractivity contribution in [3.05, 3.63) is 42.0 Å². The first-order chi connectivity index (χ1) is 11.5. The molecular formula is C17H25N5O2. The Bertz CT molecular complexity index is 651. The standard InChI is InChI=1S/C17H25N5O2/c1-12(2)9-22-16(19-11-20-22)8-18-15-6-4-14(5-7-15)17(24)21-13(3)10-23/h4-7,11-13,18,23H,8-10H2,1-3H3,(H,21,24). The molecule has 1 atom stereocenters. The summed E-state index contributed by atoms with van der Waals surface area (Å²) in [7, 11) is 0. The van der Waals surface area contributed by atoms with Crippen LogP contribution in [0.25, 0.3) is 0 Å². The van der Waals surface area contributed by atoms with E-state index in [9.17, 15) is 4.79 Å². The fourth-order valence-electron chi connectivity index (χ4n) is 2.20. The SMILES string of the molecule is CC(C)Cn1ncnc1CNc1ccc(C(=O)NC(C)CO)cc1. The van der Waals surface area contributed by atoms with Gasteiger partial charge in [-0.3, -0.25) is 4.79 Å². The first kappa shape index (κ1) is 17.9. The predicted octanol–water partition coefficient (Wildman–Crippen LogP) is 1.66. The number of hydrogen-bond acceptors (Lipinski definition) is 5. The maximum atomic E-state index is 12.0. The molecule has 0 aliphatic carbocycles. The van der Waals surface area contributed by atoms with E-state index in [0.29, 0.717) is 18.0 Å². The van der Waals surface area contributed by atoms with Crippen molar-refractivity contribution in [1.82, 2.24) is 20.1 Å². The van der Waals surface area contributed by atoms with Gasteiger partial charge in [-0.2, -0.15) is 5.10 Å². The lowest BCUT2D eigenvalue weighted by Gasteiger charge is -2.12. The minimum absolute atomic E-state index is 0.0809. The number of amides is 1. The first-order valence-corrected chi connectivity index (χ1v) is 8.12. The van der Waals surface area contributed by atoms with E-state index in [1.165, 1.54) is 0 Å². The molecule has 0 saturated carbocycles. The number of anilines is 1. The zero-order valence-electron chi connectivity index (χ0n) is 14.4. The number of nitrogens with zero attached hydrogens (tertiary/aromatic N) is 3. The number of carbonyl (C=O) groups excluding carboxylic acids is 1. The van der Waals surface area contributed by atoms with E-state index in [0.717, 1.165) is 18.1 Å². The molecule has 7 nitrogen and oxygen atoms in total. The van der Waals surface area contributed by atoms with Crippen LogP contribution < -0.4 is 10.6 Å². The van der Waals surface area contributed by atoms with Crippen LogP contribution in [0.2, 0.25) is 0 Å². The molecule has 0 spiro atoms. The van der Waals surface area contributed by atoms with E-state index in [1.807, 2.05) is 16.8 Å². The van der Waals surface area contributed by atoms with Crippen LogP contribution >= 0.6 is 0 Å². The molecule has 0 bridgehead atoms. The van der Waals surface area contributed by atoms with Crippen LogP contribution in [0.5, 0.6) is 0 Å². The molecule has 1 unspecified atom stereocenters. The average Bonchev–Trinajstić information content (AvgIpc) is 2.99. The zero-order chi connectivity index (χ0) is 17.5. The molecule has 1 heterocycles. The number of benzene rings is 1. The summed E-state index contributed by atoms with van der Waals surface area (Å²) in [5, 5.41) is 19.2. The Morgan fingerprint density at radius 3 is 2.58 bits per heavy atom. The third-order valence-corrected chi connectivity index (χ3v) is 3.48. The molecule has 0 fully saturated rings. The minimum Gasteiger partial charge on any atom is -0.394 e. The largest absolute Gasteiger partial charge is 0.394 e. The molecule has 3 N–H and O–H groups in total. The lowest BCUT2D eigenvalue weighted by atomic mass is 10.2. The lowest BCUT2D eigenvalue weighted by Crippen LogP contribution is -2.34. The van der Waals surface area contributed by atoms with Gasteiger partial charge in [-0.25, -0.2) is 9.67 Å². The van der Waals surface area contributed by atoms with Crippen LogP contribution in [0.3, 0.4) is 0 Å². The number of aromatic nitrogens is 3. The molecule has 130 valence electrons. The molecule has 7 heteroatoms. The van der Waals surface area contributed by atoms with Crippen LogP contribution in [0.15, 0.2) is 30.6 Å². The fraction of sp³-hybridized carbons (Fsp3) is 0.471. The Morgan fingerprint density at radius 2 is 1.96 bits per heavy atom. The van der Waals surface area contributed by atoms with Crippen LogP contribution in [-0.4, -0.2) is 38.4 Å². The highest BCUT2D eigenvalue weighted by Gasteiger charge is 2.09. The van der Waals surface area contributed by atoms with Gasteiger partial charge in [0.15, 0.2) is 0 Å². The third-order valence-electron chi connectivity index (χ3n) is 3.48. The summed E-state index contributed by atoms with van der Waals surface area (Å²) in [5.74, 6) is 1.19. The number of aliphatic hydroxyl groups is 1. The Kier molecular flexibility index (Phi) is 6.31. The van der Waals surface area contributed by atoms with Gasteiger partial charge >= 0.3 is 0 Å². The molecule has 2 rings (SSSR count). The summed E-state index contributed by atoms with van der Waals surface area (Å²) in [4.78, 5) is 16.2. The molecule has 0 aliphatic rings. The van der Waals surface area contributed by atoms with E-state index in [2.05, 4.69) is 34.6 Å². The summed E-state index contributed by atoms with van der Waals surface area (Å²) in [6.07, 6.45) is 1.56. The molecular weight excluding hydrogens is 306 g/mol. The van der Waals surface area contributed by atoms with E-state index in [-0.39, 0.29) is 18.6 Å². The summed E-state index contributed by atoms with van der Waals surface area (Å²) in [6.45, 7) is 7.35. The zero-order valence-corrected chi connectivity index (χ0v) is 14.4. The number of carbonyl (C=O) groups is 1. The van der Waals surface area contributed by atoms with E-state index >= 15 is 0 Å². The number of nitrogens with one attached hydrogen (secondary N) is 2. The van der Waals surface area contributed by atoms with E-state index in [1.54, 1.807) is 25.4 Å². The highest BCUT2D eigenvalue weighted by atomic mass is 16.3. The lowest BCUT2D eigenvalue weighted by molar-refractivity contribution is 0.0922. The van der Waals surface area contributed by atoms with Crippen molar-refractivity contribution in [3.8, 4) is 0 Å². The van der Waals surface area contributed by atoms with Crippen molar-refractivity contribution < 1.29 is 9.90 Å². The quantitative estimate of drug-likeness (QED) is 0.684. The van der Waals surface area contributed by atoms with Crippen LogP contribution in [0.1, 0.15) is 37.0 Å². The van der Waals surface area contributed by atoms with Crippen LogP contribution in [0, 0.1) is 5.92 Å². The van der Waals surface area contributed by atoms with Crippen molar-refractivity contribution in [3.63, 3.8) is 0 Å². The second-order valence-electron chi connectivity index (χ2n) is 6.24. The molecule has 0 saturated heterocycles. The highest BCUT2D eigenvalue weighted by Crippen LogP contribution is 2.11. The predicted molar refractivity (Wildman–Crippen MR) is 92.6 cm³/mol. The topological polar surface area (TPSA) is 92.1 Å². The van der Waals surface area contributed by atoms with Crippen molar-refractivity contribution in [2.24, 2.45) is 5.92 Å². The fourth-order valence-corrected chi connectivity index (χ4v) is 2.20. The van der Waals surface area contributed by atoms with Gasteiger partial charge in [-0.15, -0.1) is 0 Å². The first-order valence-electron chi connectivity index (χ1n) is 8.12. The Balaban J connectivity index is 1.92. The van der Waals surface area contributed by atoms with Crippen molar-refractivity contribution in [2.45, 2.75) is 39.9 Å². The van der Waals surface area contributed by atoms with Gasteiger partial charge < -0.3 is 15.7 Å². The van der Waals surface area contributed by atoms with Gasteiger partial charge in [0.05, 0.1) is 13.2 Å². The second kappa shape index (κ2) is 8.44. The molecule has 24 heavy (non-hydrogen) atoms. The Morgan fingerprint density at radius 1 is 1.25 bits per heavy atom. The summed E-state index contributed by atoms with van der Waals surface area (Å²) in [6, 6.07) is 6.94. The molecule has 0 radical (unpaired) electrons. The van der Waals surface area contributed by atoms with Crippen molar-refractivity contribution in [2.75, 3.05) is 11.9 Å². The molecule has 1 aromatic carbocycles. The maximum Gasteiger partial charge on any atom is 0.251 e. The van der Waals surface area contributed by atoms with Gasteiger partial charge in [0, 0.05) is 23.8 Å². The molecule has 1 aromatic heterocycles. The molecule has 0 aliphatic heterocycles. The molecule has 1 amide bonds. The normalized spacial score (nSPS) is 12.2. The van der Waals surface area contributed by atoms with Gasteiger partial charge in [0.1, 0.15) is 12.2 Å². The number of rotatable bonds is 8. The Labute approximate surface area is 142 Å². The van der Waals surface area contributed by atoms with Crippen LogP contribution in [0.4, 0.5) is 5.69 Å². The van der Waals surface area contributed by atoms with E-state index in [4.69, 9.17) is 5.11 Å². The van der Waals surface area contributed by atoms with Crippen molar-refractivity contribution in [1.29, 1.82) is 0 Å². The second-order valence-corrected chi connectivity index (χ2v) is 6.24. The summed E-state index contributed by atoms with van der Waals surface area (Å²) >= 11 is 0. The average molecular weight is 331 g/mol. The van der Waals surface area contributed by atoms with E-state index < -0.39 is 0 Å². The number of aliphatic hydroxyl groups excluding tert-OH is 1. The van der Waals surface area contributed by atoms with Gasteiger partial charge in [0.25, 0.3) is 5.91 Å². The van der Waals surface area contributed by atoms with Gasteiger partial charge in [0.2, 0.25) is 0 Å². The molecule has 2 aromatic rings. The Hall–Kier alpha value is -2.41. The summed E-state index contributed by atoms with van der Waals surface area (Å²) < 4.78 is 1.90. The van der Waals surface area contributed by atoms with Gasteiger partial charge in [-0.1, -0.05) is 13.8 Å². The van der Waals surface area contributed by atoms with Crippen LogP contribution in [-0.2, 0) is 13.1 Å². The monoisotopic (exact) mass is 331 g/mol.